The fourth-order valence-corrected chi connectivity index (χ4v) is 0.716. The summed E-state index contributed by atoms with van der Waals surface area (Å²) in [6, 6.07) is 0. The fraction of sp³-hybridized carbons (Fsp3) is 0.600. The minimum atomic E-state index is 0.824. The molecule has 0 bridgehead atoms. The average molecular weight is 116 g/mol. The summed E-state index contributed by atoms with van der Waals surface area (Å²) in [5.41, 5.74) is 0. The maximum atomic E-state index is 5.07. The Hall–Kier alpha value is -0.110. The van der Waals surface area contributed by atoms with Crippen LogP contribution in [0.3, 0.4) is 0 Å². The number of thiol groups is 1. The Morgan fingerprint density at radius 2 is 2.43 bits per heavy atom. The Kier molecular flexibility index (Phi) is 1.28. The van der Waals surface area contributed by atoms with E-state index in [2.05, 4.69) is 12.6 Å². The first-order valence-corrected chi connectivity index (χ1v) is 2.77. The summed E-state index contributed by atoms with van der Waals surface area (Å²) in [6.07, 6.45) is 0.995. The monoisotopic (exact) mass is 116 g/mol. The molecule has 1 heterocycles. The van der Waals surface area contributed by atoms with Crippen molar-refractivity contribution in [2.45, 2.75) is 13.3 Å². The Morgan fingerprint density at radius 3 is 2.57 bits per heavy atom. The van der Waals surface area contributed by atoms with E-state index >= 15 is 0 Å². The second-order valence-corrected chi connectivity index (χ2v) is 2.14. The van der Waals surface area contributed by atoms with Gasteiger partial charge < -0.3 is 4.74 Å². The molecule has 2 heteroatoms. The quantitative estimate of drug-likeness (QED) is 0.473. The molecule has 0 atom stereocenters. The molecule has 0 aliphatic carbocycles. The van der Waals surface area contributed by atoms with Crippen molar-refractivity contribution in [1.82, 2.24) is 0 Å². The fourth-order valence-electron chi connectivity index (χ4n) is 0.560. The molecule has 1 aliphatic rings. The summed E-state index contributed by atoms with van der Waals surface area (Å²) in [5.74, 6) is 0.989. The molecule has 7 heavy (non-hydrogen) atoms. The van der Waals surface area contributed by atoms with E-state index in [-0.39, 0.29) is 0 Å². The van der Waals surface area contributed by atoms with E-state index in [0.29, 0.717) is 0 Å². The van der Waals surface area contributed by atoms with E-state index < -0.39 is 0 Å². The van der Waals surface area contributed by atoms with Gasteiger partial charge in [0.1, 0.15) is 5.76 Å². The number of allylic oxidation sites excluding steroid dienone is 1. The topological polar surface area (TPSA) is 9.23 Å². The van der Waals surface area contributed by atoms with Crippen LogP contribution in [0, 0.1) is 0 Å². The maximum Gasteiger partial charge on any atom is 0.102 e. The Labute approximate surface area is 48.8 Å². The number of rotatable bonds is 0. The summed E-state index contributed by atoms with van der Waals surface area (Å²) >= 11 is 4.14. The highest BCUT2D eigenvalue weighted by molar-refractivity contribution is 7.84. The molecule has 0 amide bonds. The van der Waals surface area contributed by atoms with Crippen molar-refractivity contribution >= 4 is 12.6 Å². The average Bonchev–Trinajstić information content (AvgIpc) is 1.91. The van der Waals surface area contributed by atoms with Crippen molar-refractivity contribution in [3.63, 3.8) is 0 Å². The summed E-state index contributed by atoms with van der Waals surface area (Å²) in [6.45, 7) is 2.76. The second kappa shape index (κ2) is 1.78. The van der Waals surface area contributed by atoms with Crippen LogP contribution in [-0.2, 0) is 4.74 Å². The van der Waals surface area contributed by atoms with Crippen LogP contribution >= 0.6 is 12.6 Å². The minimum Gasteiger partial charge on any atom is -0.497 e. The van der Waals surface area contributed by atoms with E-state index in [1.807, 2.05) is 6.92 Å². The van der Waals surface area contributed by atoms with Crippen LogP contribution < -0.4 is 0 Å². The number of hydrogen-bond donors (Lipinski definition) is 1. The molecule has 0 aromatic carbocycles. The predicted octanol–water partition coefficient (Wildman–Crippen LogP) is 1.57. The van der Waals surface area contributed by atoms with Gasteiger partial charge in [-0.2, -0.15) is 0 Å². The molecular formula is C5H8OS. The van der Waals surface area contributed by atoms with Gasteiger partial charge in [0.25, 0.3) is 0 Å². The lowest BCUT2D eigenvalue weighted by atomic mass is 10.4. The first kappa shape index (κ1) is 5.04. The lowest BCUT2D eigenvalue weighted by Crippen LogP contribution is -1.76. The number of hydrogen-bond acceptors (Lipinski definition) is 2. The molecular weight excluding hydrogens is 108 g/mol. The van der Waals surface area contributed by atoms with Crippen LogP contribution in [0.1, 0.15) is 13.3 Å². The third-order valence-corrected chi connectivity index (χ3v) is 1.60. The largest absolute Gasteiger partial charge is 0.497 e. The van der Waals surface area contributed by atoms with Gasteiger partial charge in [-0.05, 0) is 6.92 Å². The first-order valence-electron chi connectivity index (χ1n) is 2.32. The molecule has 0 fully saturated rings. The SMILES string of the molecule is CC1=C(S)CCO1. The van der Waals surface area contributed by atoms with Crippen molar-refractivity contribution in [2.75, 3.05) is 6.61 Å². The zero-order valence-corrected chi connectivity index (χ0v) is 5.16. The molecule has 40 valence electrons. The van der Waals surface area contributed by atoms with Gasteiger partial charge in [0.2, 0.25) is 0 Å². The molecule has 0 aromatic heterocycles. The summed E-state index contributed by atoms with van der Waals surface area (Å²) in [4.78, 5) is 1.10. The van der Waals surface area contributed by atoms with E-state index in [1.54, 1.807) is 0 Å². The van der Waals surface area contributed by atoms with Gasteiger partial charge in [-0.1, -0.05) is 0 Å². The predicted molar refractivity (Wildman–Crippen MR) is 32.3 cm³/mol. The van der Waals surface area contributed by atoms with Crippen molar-refractivity contribution in [2.24, 2.45) is 0 Å². The second-order valence-electron chi connectivity index (χ2n) is 1.60. The van der Waals surface area contributed by atoms with Gasteiger partial charge >= 0.3 is 0 Å². The molecule has 0 radical (unpaired) electrons. The third-order valence-electron chi connectivity index (χ3n) is 1.06. The van der Waals surface area contributed by atoms with E-state index in [1.165, 1.54) is 0 Å². The molecule has 1 rings (SSSR count). The van der Waals surface area contributed by atoms with E-state index in [0.717, 1.165) is 23.7 Å². The van der Waals surface area contributed by atoms with E-state index in [9.17, 15) is 0 Å². The zero-order chi connectivity index (χ0) is 5.28. The van der Waals surface area contributed by atoms with Crippen molar-refractivity contribution in [1.29, 1.82) is 0 Å². The van der Waals surface area contributed by atoms with Gasteiger partial charge in [0, 0.05) is 11.3 Å². The highest BCUT2D eigenvalue weighted by Gasteiger charge is 2.05. The molecule has 0 saturated heterocycles. The maximum absolute atomic E-state index is 5.07. The minimum absolute atomic E-state index is 0.824. The van der Waals surface area contributed by atoms with Gasteiger partial charge in [-0.25, -0.2) is 0 Å². The van der Waals surface area contributed by atoms with Gasteiger partial charge in [-0.3, -0.25) is 0 Å². The Morgan fingerprint density at radius 1 is 1.71 bits per heavy atom. The molecule has 0 N–H and O–H groups in total. The lowest BCUT2D eigenvalue weighted by Gasteiger charge is -1.90. The highest BCUT2D eigenvalue weighted by atomic mass is 32.1. The zero-order valence-electron chi connectivity index (χ0n) is 4.27. The van der Waals surface area contributed by atoms with Gasteiger partial charge in [0.05, 0.1) is 6.61 Å². The molecule has 0 aromatic rings. The summed E-state index contributed by atoms with van der Waals surface area (Å²) in [5, 5.41) is 0. The van der Waals surface area contributed by atoms with Crippen LogP contribution in [0.2, 0.25) is 0 Å². The standard InChI is InChI=1S/C5H8OS/c1-4-5(7)2-3-6-4/h7H,2-3H2,1H3. The lowest BCUT2D eigenvalue weighted by molar-refractivity contribution is 0.246. The van der Waals surface area contributed by atoms with Crippen molar-refractivity contribution < 1.29 is 4.74 Å². The van der Waals surface area contributed by atoms with E-state index in [4.69, 9.17) is 4.74 Å². The highest BCUT2D eigenvalue weighted by Crippen LogP contribution is 2.20. The van der Waals surface area contributed by atoms with Crippen LogP contribution in [0.25, 0.3) is 0 Å². The smallest absolute Gasteiger partial charge is 0.102 e. The molecule has 0 unspecified atom stereocenters. The van der Waals surface area contributed by atoms with Crippen molar-refractivity contribution in [3.8, 4) is 0 Å². The Bertz CT molecular complexity index is 94.6. The van der Waals surface area contributed by atoms with Gasteiger partial charge in [-0.15, -0.1) is 12.6 Å². The normalized spacial score (nSPS) is 20.3. The van der Waals surface area contributed by atoms with Crippen LogP contribution in [-0.4, -0.2) is 6.61 Å². The third kappa shape index (κ3) is 0.911. The van der Waals surface area contributed by atoms with Crippen molar-refractivity contribution in [3.05, 3.63) is 10.7 Å². The first-order chi connectivity index (χ1) is 3.30. The molecule has 1 aliphatic heterocycles. The molecule has 0 spiro atoms. The van der Waals surface area contributed by atoms with Crippen LogP contribution in [0.4, 0.5) is 0 Å². The molecule has 0 saturated carbocycles. The number of ether oxygens (including phenoxy) is 1. The summed E-state index contributed by atoms with van der Waals surface area (Å²) < 4.78 is 5.07. The van der Waals surface area contributed by atoms with Crippen LogP contribution in [0.5, 0.6) is 0 Å². The van der Waals surface area contributed by atoms with Crippen LogP contribution in [0.15, 0.2) is 10.7 Å². The summed E-state index contributed by atoms with van der Waals surface area (Å²) in [7, 11) is 0. The molecule has 1 nitrogen and oxygen atoms in total. The van der Waals surface area contributed by atoms with Gasteiger partial charge in [0.15, 0.2) is 0 Å². The Balaban J connectivity index is 2.64.